The van der Waals surface area contributed by atoms with E-state index < -0.39 is 0 Å². The molecule has 0 aromatic carbocycles. The van der Waals surface area contributed by atoms with Gasteiger partial charge >= 0.3 is 93.1 Å². The van der Waals surface area contributed by atoms with E-state index in [9.17, 15) is 0 Å². The standard InChI is InChI=1S/C10H8SSe2/c1-5-3-7-9(12-5)10-8(11-7)4-6(2)13-10/h3-4H,1-2H3. The molecule has 0 radical (unpaired) electrons. The van der Waals surface area contributed by atoms with Crippen molar-refractivity contribution in [3.05, 3.63) is 21.0 Å². The first-order chi connectivity index (χ1) is 6.24. The van der Waals surface area contributed by atoms with Crippen molar-refractivity contribution in [1.29, 1.82) is 0 Å². The number of rotatable bonds is 0. The molecule has 13 heavy (non-hydrogen) atoms. The Labute approximate surface area is 92.7 Å². The Morgan fingerprint density at radius 2 is 1.38 bits per heavy atom. The van der Waals surface area contributed by atoms with Gasteiger partial charge in [0.25, 0.3) is 0 Å². The van der Waals surface area contributed by atoms with Gasteiger partial charge in [0.2, 0.25) is 0 Å². The third-order valence-electron chi connectivity index (χ3n) is 2.07. The van der Waals surface area contributed by atoms with E-state index in [0.717, 1.165) is 0 Å². The maximum absolute atomic E-state index is 2.39. The summed E-state index contributed by atoms with van der Waals surface area (Å²) in [6, 6.07) is 4.77. The van der Waals surface area contributed by atoms with Crippen LogP contribution < -0.4 is 0 Å². The summed E-state index contributed by atoms with van der Waals surface area (Å²) in [4.78, 5) is 0. The van der Waals surface area contributed by atoms with Crippen molar-refractivity contribution in [3.8, 4) is 0 Å². The normalized spacial score (nSPS) is 11.8. The molecule has 3 heteroatoms. The van der Waals surface area contributed by atoms with Crippen LogP contribution in [0.15, 0.2) is 12.1 Å². The monoisotopic (exact) mass is 320 g/mol. The SMILES string of the molecule is Cc1cc2sc3cc(C)[se]c3c2[se]1. The molecular weight excluding hydrogens is 310 g/mol. The number of aryl methyl sites for hydroxylation is 2. The molecule has 3 rings (SSSR count). The average molecular weight is 318 g/mol. The first kappa shape index (κ1) is 8.52. The second-order valence-corrected chi connectivity index (χ2v) is 9.56. The molecule has 3 aromatic heterocycles. The average Bonchev–Trinajstić information content (AvgIpc) is 2.60. The van der Waals surface area contributed by atoms with Crippen LogP contribution in [-0.2, 0) is 0 Å². The Morgan fingerprint density at radius 3 is 1.85 bits per heavy atom. The number of hydrogen-bond acceptors (Lipinski definition) is 1. The fourth-order valence-electron chi connectivity index (χ4n) is 1.57. The Kier molecular flexibility index (Phi) is 1.87. The number of thiophene rings is 1. The van der Waals surface area contributed by atoms with E-state index >= 15 is 0 Å². The van der Waals surface area contributed by atoms with Crippen LogP contribution in [-0.4, -0.2) is 29.0 Å². The van der Waals surface area contributed by atoms with Crippen LogP contribution in [0.25, 0.3) is 17.9 Å². The van der Waals surface area contributed by atoms with Crippen molar-refractivity contribution < 1.29 is 0 Å². The van der Waals surface area contributed by atoms with Gasteiger partial charge in [0.15, 0.2) is 0 Å². The Bertz CT molecular complexity index is 531. The van der Waals surface area contributed by atoms with Gasteiger partial charge < -0.3 is 0 Å². The molecule has 0 amide bonds. The van der Waals surface area contributed by atoms with Gasteiger partial charge in [-0.15, -0.1) is 0 Å². The number of hydrogen-bond donors (Lipinski definition) is 0. The summed E-state index contributed by atoms with van der Waals surface area (Å²) < 4.78 is 9.73. The zero-order valence-electron chi connectivity index (χ0n) is 7.38. The van der Waals surface area contributed by atoms with Crippen LogP contribution in [0.3, 0.4) is 0 Å². The van der Waals surface area contributed by atoms with Gasteiger partial charge in [-0.2, -0.15) is 0 Å². The molecule has 0 saturated heterocycles. The van der Waals surface area contributed by atoms with E-state index in [4.69, 9.17) is 0 Å². The molecule has 0 aliphatic rings. The summed E-state index contributed by atoms with van der Waals surface area (Å²) in [6.07, 6.45) is 0. The second-order valence-electron chi connectivity index (χ2n) is 3.20. The molecule has 0 N–H and O–H groups in total. The van der Waals surface area contributed by atoms with Crippen LogP contribution in [0.5, 0.6) is 0 Å². The van der Waals surface area contributed by atoms with Crippen molar-refractivity contribution in [3.63, 3.8) is 0 Å². The fraction of sp³-hybridized carbons (Fsp3) is 0.200. The van der Waals surface area contributed by atoms with E-state index in [1.807, 2.05) is 11.3 Å². The molecule has 0 saturated carbocycles. The first-order valence-electron chi connectivity index (χ1n) is 4.13. The summed E-state index contributed by atoms with van der Waals surface area (Å²) in [5.41, 5.74) is 0. The molecule has 3 aromatic rings. The predicted octanol–water partition coefficient (Wildman–Crippen LogP) is 2.79. The topological polar surface area (TPSA) is 0 Å². The molecular formula is C10H8SSe2. The molecule has 3 heterocycles. The molecule has 66 valence electrons. The third kappa shape index (κ3) is 1.23. The van der Waals surface area contributed by atoms with Crippen molar-refractivity contribution in [2.45, 2.75) is 13.8 Å². The number of fused-ring (bicyclic) bond motifs is 3. The molecule has 0 unspecified atom stereocenters. The van der Waals surface area contributed by atoms with Crippen molar-refractivity contribution in [1.82, 2.24) is 0 Å². The van der Waals surface area contributed by atoms with Crippen LogP contribution in [0.1, 0.15) is 8.87 Å². The van der Waals surface area contributed by atoms with Crippen LogP contribution in [0, 0.1) is 13.8 Å². The van der Waals surface area contributed by atoms with Gasteiger partial charge in [0, 0.05) is 0 Å². The maximum atomic E-state index is 2.39. The van der Waals surface area contributed by atoms with E-state index in [2.05, 4.69) is 26.0 Å². The van der Waals surface area contributed by atoms with Crippen LogP contribution in [0.2, 0.25) is 0 Å². The summed E-state index contributed by atoms with van der Waals surface area (Å²) in [6.45, 7) is 4.53. The van der Waals surface area contributed by atoms with E-state index in [1.54, 1.807) is 26.8 Å². The van der Waals surface area contributed by atoms with Gasteiger partial charge in [0.1, 0.15) is 0 Å². The summed E-state index contributed by atoms with van der Waals surface area (Å²) in [7, 11) is 0. The van der Waals surface area contributed by atoms with Gasteiger partial charge in [0.05, 0.1) is 0 Å². The molecule has 0 aliphatic carbocycles. The van der Waals surface area contributed by atoms with Crippen LogP contribution >= 0.6 is 11.3 Å². The molecule has 0 fully saturated rings. The zero-order chi connectivity index (χ0) is 9.00. The van der Waals surface area contributed by atoms with Gasteiger partial charge in [-0.1, -0.05) is 0 Å². The van der Waals surface area contributed by atoms with E-state index in [1.165, 1.54) is 0 Å². The summed E-state index contributed by atoms with van der Waals surface area (Å²) in [5.74, 6) is 0. The first-order valence-corrected chi connectivity index (χ1v) is 8.37. The van der Waals surface area contributed by atoms with E-state index in [0.29, 0.717) is 29.0 Å². The second kappa shape index (κ2) is 2.85. The van der Waals surface area contributed by atoms with Crippen molar-refractivity contribution in [2.24, 2.45) is 0 Å². The van der Waals surface area contributed by atoms with Gasteiger partial charge in [-0.3, -0.25) is 0 Å². The Hall–Kier alpha value is 0.219. The van der Waals surface area contributed by atoms with Gasteiger partial charge in [-0.05, 0) is 0 Å². The van der Waals surface area contributed by atoms with Gasteiger partial charge in [-0.25, -0.2) is 0 Å². The predicted molar refractivity (Wildman–Crippen MR) is 62.7 cm³/mol. The quantitative estimate of drug-likeness (QED) is 0.559. The summed E-state index contributed by atoms with van der Waals surface area (Å²) >= 11 is 3.30. The fourth-order valence-corrected chi connectivity index (χ4v) is 8.77. The molecule has 0 bridgehead atoms. The Balaban J connectivity index is 2.56. The molecule has 0 nitrogen and oxygen atoms in total. The van der Waals surface area contributed by atoms with Crippen molar-refractivity contribution >= 4 is 58.3 Å². The van der Waals surface area contributed by atoms with E-state index in [-0.39, 0.29) is 0 Å². The van der Waals surface area contributed by atoms with Crippen molar-refractivity contribution in [2.75, 3.05) is 0 Å². The minimum atomic E-state index is 0.652. The minimum absolute atomic E-state index is 0.652. The summed E-state index contributed by atoms with van der Waals surface area (Å²) in [5, 5.41) is 0. The molecule has 0 aliphatic heterocycles. The zero-order valence-corrected chi connectivity index (χ0v) is 11.6. The molecule has 0 atom stereocenters. The molecule has 0 spiro atoms. The Morgan fingerprint density at radius 1 is 0.923 bits per heavy atom. The van der Waals surface area contributed by atoms with Crippen LogP contribution in [0.4, 0.5) is 0 Å². The third-order valence-corrected chi connectivity index (χ3v) is 8.87.